The number of aromatic nitrogens is 2. The Balaban J connectivity index is 1.60. The Kier molecular flexibility index (Phi) is 7.74. The summed E-state index contributed by atoms with van der Waals surface area (Å²) >= 11 is 6.14. The largest absolute Gasteiger partial charge is 0.478 e. The van der Waals surface area contributed by atoms with Crippen LogP contribution in [0.4, 0.5) is 17.6 Å². The van der Waals surface area contributed by atoms with E-state index in [0.29, 0.717) is 27.6 Å². The molecule has 0 saturated heterocycles. The molecule has 2 N–H and O–H groups in total. The summed E-state index contributed by atoms with van der Waals surface area (Å²) in [5, 5.41) is 17.4. The van der Waals surface area contributed by atoms with Gasteiger partial charge in [-0.2, -0.15) is 18.3 Å². The van der Waals surface area contributed by atoms with Gasteiger partial charge in [-0.1, -0.05) is 35.9 Å². The molecule has 42 heavy (non-hydrogen) atoms. The van der Waals surface area contributed by atoms with E-state index in [1.54, 1.807) is 48.0 Å². The molecule has 0 fully saturated rings. The van der Waals surface area contributed by atoms with Crippen LogP contribution in [0.3, 0.4) is 0 Å². The van der Waals surface area contributed by atoms with Crippen molar-refractivity contribution in [3.8, 4) is 11.1 Å². The molecule has 1 atom stereocenters. The summed E-state index contributed by atoms with van der Waals surface area (Å²) in [5.41, 5.74) is 1.02. The van der Waals surface area contributed by atoms with Crippen molar-refractivity contribution in [1.82, 2.24) is 15.1 Å². The molecule has 6 nitrogen and oxygen atoms in total. The predicted molar refractivity (Wildman–Crippen MR) is 150 cm³/mol. The van der Waals surface area contributed by atoms with E-state index in [1.165, 1.54) is 24.4 Å². The van der Waals surface area contributed by atoms with Gasteiger partial charge in [0.25, 0.3) is 5.91 Å². The highest BCUT2D eigenvalue weighted by Gasteiger charge is 2.31. The van der Waals surface area contributed by atoms with Crippen LogP contribution in [0.5, 0.6) is 0 Å². The lowest BCUT2D eigenvalue weighted by Gasteiger charge is -2.17. The first-order valence-electron chi connectivity index (χ1n) is 12.7. The van der Waals surface area contributed by atoms with Crippen LogP contribution in [0.15, 0.2) is 85.1 Å². The molecule has 0 unspecified atom stereocenters. The number of nitrogens with zero attached hydrogens (tertiary/aromatic N) is 2. The summed E-state index contributed by atoms with van der Waals surface area (Å²) in [5.74, 6) is -2.71. The molecular weight excluding hydrogens is 574 g/mol. The van der Waals surface area contributed by atoms with Gasteiger partial charge in [-0.3, -0.25) is 9.48 Å². The molecule has 5 rings (SSSR count). The number of rotatable bonds is 7. The van der Waals surface area contributed by atoms with E-state index in [9.17, 15) is 27.2 Å². The maximum absolute atomic E-state index is 14.3. The van der Waals surface area contributed by atoms with Crippen molar-refractivity contribution in [3.63, 3.8) is 0 Å². The molecule has 1 amide bonds. The maximum atomic E-state index is 14.3. The average Bonchev–Trinajstić information content (AvgIpc) is 3.34. The molecule has 0 aliphatic rings. The second kappa shape index (κ2) is 11.3. The van der Waals surface area contributed by atoms with Gasteiger partial charge in [0, 0.05) is 10.4 Å². The van der Waals surface area contributed by atoms with Crippen molar-refractivity contribution >= 4 is 34.4 Å². The SMILES string of the molecule is C[C@H](NC(=O)c1cc(-c2cc(F)cc(C(F)(F)F)c2)cc2cnn(Cc3cccc(Cl)c3)c12)c1ccc(C(=O)O)cc1. The summed E-state index contributed by atoms with van der Waals surface area (Å²) in [4.78, 5) is 24.9. The first-order valence-corrected chi connectivity index (χ1v) is 13.0. The minimum absolute atomic E-state index is 0.0572. The van der Waals surface area contributed by atoms with E-state index in [1.807, 2.05) is 6.07 Å². The van der Waals surface area contributed by atoms with Crippen molar-refractivity contribution < 1.29 is 32.3 Å². The summed E-state index contributed by atoms with van der Waals surface area (Å²) in [6, 6.07) is 17.7. The summed E-state index contributed by atoms with van der Waals surface area (Å²) < 4.78 is 56.2. The number of aromatic carboxylic acids is 1. The van der Waals surface area contributed by atoms with Gasteiger partial charge in [-0.25, -0.2) is 9.18 Å². The normalized spacial score (nSPS) is 12.3. The van der Waals surface area contributed by atoms with E-state index in [-0.39, 0.29) is 28.8 Å². The minimum Gasteiger partial charge on any atom is -0.478 e. The smallest absolute Gasteiger partial charge is 0.416 e. The van der Waals surface area contributed by atoms with E-state index in [4.69, 9.17) is 16.7 Å². The minimum atomic E-state index is -4.77. The van der Waals surface area contributed by atoms with Crippen LogP contribution in [-0.2, 0) is 12.7 Å². The number of carboxylic acids is 1. The van der Waals surface area contributed by atoms with Gasteiger partial charge < -0.3 is 10.4 Å². The lowest BCUT2D eigenvalue weighted by atomic mass is 9.97. The lowest BCUT2D eigenvalue weighted by Crippen LogP contribution is -2.27. The number of amides is 1. The molecule has 0 aliphatic heterocycles. The molecule has 5 aromatic rings. The number of alkyl halides is 3. The second-order valence-electron chi connectivity index (χ2n) is 9.74. The predicted octanol–water partition coefficient (Wildman–Crippen LogP) is 7.75. The quantitative estimate of drug-likeness (QED) is 0.188. The Morgan fingerprint density at radius 3 is 2.38 bits per heavy atom. The van der Waals surface area contributed by atoms with E-state index in [0.717, 1.165) is 17.7 Å². The van der Waals surface area contributed by atoms with Gasteiger partial charge >= 0.3 is 12.1 Å². The van der Waals surface area contributed by atoms with Crippen molar-refractivity contribution in [2.45, 2.75) is 25.7 Å². The Morgan fingerprint density at radius 2 is 1.71 bits per heavy atom. The Morgan fingerprint density at radius 1 is 1.00 bits per heavy atom. The zero-order valence-corrected chi connectivity index (χ0v) is 22.7. The number of halogens is 5. The molecule has 0 aliphatic carbocycles. The van der Waals surface area contributed by atoms with Gasteiger partial charge in [0.05, 0.1) is 41.0 Å². The highest BCUT2D eigenvalue weighted by atomic mass is 35.5. The van der Waals surface area contributed by atoms with Crippen LogP contribution < -0.4 is 5.32 Å². The van der Waals surface area contributed by atoms with Gasteiger partial charge in [-0.05, 0) is 83.8 Å². The molecule has 0 radical (unpaired) electrons. The number of carbonyl (C=O) groups excluding carboxylic acids is 1. The molecule has 1 heterocycles. The Bertz CT molecular complexity index is 1820. The van der Waals surface area contributed by atoms with Crippen LogP contribution in [-0.4, -0.2) is 26.8 Å². The highest BCUT2D eigenvalue weighted by molar-refractivity contribution is 6.30. The number of fused-ring (bicyclic) bond motifs is 1. The second-order valence-corrected chi connectivity index (χ2v) is 10.2. The van der Waals surface area contributed by atoms with Crippen molar-refractivity contribution in [2.75, 3.05) is 0 Å². The summed E-state index contributed by atoms with van der Waals surface area (Å²) in [6.45, 7) is 1.95. The molecular formula is C31H22ClF4N3O3. The monoisotopic (exact) mass is 595 g/mol. The number of nitrogens with one attached hydrogen (secondary N) is 1. The number of carboxylic acid groups (broad SMARTS) is 1. The van der Waals surface area contributed by atoms with Crippen LogP contribution in [0.2, 0.25) is 5.02 Å². The van der Waals surface area contributed by atoms with Crippen LogP contribution in [0, 0.1) is 5.82 Å². The Hall–Kier alpha value is -4.70. The van der Waals surface area contributed by atoms with Crippen molar-refractivity contribution in [2.24, 2.45) is 0 Å². The average molecular weight is 596 g/mol. The fourth-order valence-electron chi connectivity index (χ4n) is 4.69. The topological polar surface area (TPSA) is 84.2 Å². The summed E-state index contributed by atoms with van der Waals surface area (Å²) in [7, 11) is 0. The third-order valence-electron chi connectivity index (χ3n) is 6.76. The van der Waals surface area contributed by atoms with Gasteiger partial charge in [0.15, 0.2) is 0 Å². The third kappa shape index (κ3) is 6.13. The molecule has 0 spiro atoms. The zero-order valence-electron chi connectivity index (χ0n) is 21.9. The third-order valence-corrected chi connectivity index (χ3v) is 7.00. The summed E-state index contributed by atoms with van der Waals surface area (Å²) in [6.07, 6.45) is -3.28. The van der Waals surface area contributed by atoms with Gasteiger partial charge in [-0.15, -0.1) is 0 Å². The first-order chi connectivity index (χ1) is 19.9. The van der Waals surface area contributed by atoms with Crippen LogP contribution >= 0.6 is 11.6 Å². The lowest BCUT2D eigenvalue weighted by molar-refractivity contribution is -0.137. The van der Waals surface area contributed by atoms with Gasteiger partial charge in [0.2, 0.25) is 0 Å². The zero-order chi connectivity index (χ0) is 30.2. The molecule has 1 aromatic heterocycles. The van der Waals surface area contributed by atoms with Crippen molar-refractivity contribution in [1.29, 1.82) is 0 Å². The van der Waals surface area contributed by atoms with E-state index in [2.05, 4.69) is 10.4 Å². The fourth-order valence-corrected chi connectivity index (χ4v) is 4.91. The molecule has 214 valence electrons. The van der Waals surface area contributed by atoms with Crippen molar-refractivity contribution in [3.05, 3.63) is 124 Å². The molecule has 11 heteroatoms. The molecule has 0 saturated carbocycles. The first kappa shape index (κ1) is 28.8. The number of hydrogen-bond acceptors (Lipinski definition) is 3. The van der Waals surface area contributed by atoms with Crippen LogP contribution in [0.1, 0.15) is 50.4 Å². The number of carbonyl (C=O) groups is 2. The number of hydrogen-bond donors (Lipinski definition) is 2. The number of benzene rings is 4. The fraction of sp³-hybridized carbons (Fsp3) is 0.129. The standard InChI is InChI=1S/C31H22ClF4N3O3/c1-17(19-5-7-20(8-6-19)30(41)42)38-29(40)27-13-21(22-11-24(31(34,35)36)14-26(33)12-22)10-23-15-37-39(28(23)27)16-18-3-2-4-25(32)9-18/h2-15,17H,16H2,1H3,(H,38,40)(H,41,42)/t17-/m0/s1. The molecule has 4 aromatic carbocycles. The van der Waals surface area contributed by atoms with Gasteiger partial charge in [0.1, 0.15) is 5.82 Å². The van der Waals surface area contributed by atoms with Crippen LogP contribution in [0.25, 0.3) is 22.0 Å². The molecule has 0 bridgehead atoms. The van der Waals surface area contributed by atoms with E-state index >= 15 is 0 Å². The van der Waals surface area contributed by atoms with E-state index < -0.39 is 35.5 Å². The Labute approximate surface area is 242 Å². The highest BCUT2D eigenvalue weighted by Crippen LogP contribution is 2.35. The maximum Gasteiger partial charge on any atom is 0.416 e.